The van der Waals surface area contributed by atoms with Gasteiger partial charge in [-0.15, -0.1) is 0 Å². The summed E-state index contributed by atoms with van der Waals surface area (Å²) >= 11 is 0. The van der Waals surface area contributed by atoms with Crippen molar-refractivity contribution in [3.63, 3.8) is 0 Å². The fraction of sp³-hybridized carbons (Fsp3) is 0.667. The summed E-state index contributed by atoms with van der Waals surface area (Å²) in [6.07, 6.45) is 0.0601. The molecular weight excluding hydrogens is 134 g/mol. The first-order valence-electron chi connectivity index (χ1n) is 3.15. The number of carbonyl (C=O) groups is 2. The highest BCUT2D eigenvalue weighted by Gasteiger charge is 2.00. The van der Waals surface area contributed by atoms with E-state index >= 15 is 0 Å². The van der Waals surface area contributed by atoms with Crippen molar-refractivity contribution in [3.8, 4) is 0 Å². The molecule has 0 aliphatic carbocycles. The summed E-state index contributed by atoms with van der Waals surface area (Å²) in [4.78, 5) is 20.5. The number of carboxylic acid groups (broad SMARTS) is 1. The van der Waals surface area contributed by atoms with E-state index in [1.54, 1.807) is 0 Å². The van der Waals surface area contributed by atoms with Crippen LogP contribution in [0.4, 0.5) is 4.79 Å². The molecule has 0 saturated carbocycles. The lowest BCUT2D eigenvalue weighted by Gasteiger charge is -1.96. The maximum absolute atomic E-state index is 10.6. The van der Waals surface area contributed by atoms with E-state index in [0.717, 1.165) is 6.42 Å². The third-order valence-corrected chi connectivity index (χ3v) is 0.966. The molecule has 10 heavy (non-hydrogen) atoms. The Morgan fingerprint density at radius 2 is 2.10 bits per heavy atom. The van der Waals surface area contributed by atoms with Crippen molar-refractivity contribution in [2.24, 2.45) is 0 Å². The Morgan fingerprint density at radius 3 is 2.50 bits per heavy atom. The molecule has 0 fully saturated rings. The molecule has 4 heteroatoms. The molecule has 58 valence electrons. The van der Waals surface area contributed by atoms with E-state index in [1.807, 2.05) is 12.2 Å². The van der Waals surface area contributed by atoms with Gasteiger partial charge in [0.2, 0.25) is 0 Å². The fourth-order valence-electron chi connectivity index (χ4n) is 0.541. The van der Waals surface area contributed by atoms with Crippen LogP contribution in [0.3, 0.4) is 0 Å². The molecule has 0 aromatic carbocycles. The first-order chi connectivity index (χ1) is 4.66. The molecule has 1 amide bonds. The van der Waals surface area contributed by atoms with Crippen molar-refractivity contribution >= 4 is 11.9 Å². The normalized spacial score (nSPS) is 8.90. The lowest BCUT2D eigenvalue weighted by molar-refractivity contribution is -0.118. The highest BCUT2D eigenvalue weighted by atomic mass is 16.4. The molecule has 0 aliphatic rings. The molecule has 0 rings (SSSR count). The van der Waals surface area contributed by atoms with Crippen molar-refractivity contribution in [2.45, 2.75) is 19.8 Å². The van der Waals surface area contributed by atoms with E-state index in [1.165, 1.54) is 0 Å². The van der Waals surface area contributed by atoms with Crippen molar-refractivity contribution in [1.82, 2.24) is 5.32 Å². The minimum atomic E-state index is -1.15. The zero-order valence-corrected chi connectivity index (χ0v) is 5.89. The van der Waals surface area contributed by atoms with Gasteiger partial charge in [0.25, 0.3) is 0 Å². The van der Waals surface area contributed by atoms with Crippen molar-refractivity contribution in [1.29, 1.82) is 0 Å². The number of hydrogen-bond acceptors (Lipinski definition) is 2. The molecule has 0 unspecified atom stereocenters. The Kier molecular flexibility index (Phi) is 4.28. The number of carbonyl (C=O) groups excluding carboxylic acids is 1. The monoisotopic (exact) mass is 145 g/mol. The average Bonchev–Trinajstić information content (AvgIpc) is 1.85. The maximum Gasteiger partial charge on any atom is 0.405 e. The van der Waals surface area contributed by atoms with Crippen LogP contribution in [0, 0.1) is 0 Å². The Hall–Kier alpha value is -1.06. The van der Waals surface area contributed by atoms with Crippen LogP contribution < -0.4 is 5.32 Å². The summed E-state index contributed by atoms with van der Waals surface area (Å²) in [5.41, 5.74) is 0. The summed E-state index contributed by atoms with van der Waals surface area (Å²) in [6.45, 7) is 1.81. The minimum Gasteiger partial charge on any atom is -0.465 e. The molecule has 4 nitrogen and oxygen atoms in total. The van der Waals surface area contributed by atoms with E-state index in [2.05, 4.69) is 0 Å². The van der Waals surface area contributed by atoms with Gasteiger partial charge in [-0.25, -0.2) is 4.79 Å². The lowest BCUT2D eigenvalue weighted by Crippen LogP contribution is -2.27. The smallest absolute Gasteiger partial charge is 0.405 e. The predicted octanol–water partition coefficient (Wildman–Crippen LogP) is 0.623. The molecule has 0 aliphatic heterocycles. The molecule has 0 aromatic rings. The molecular formula is C6H11NO3. The summed E-state index contributed by atoms with van der Waals surface area (Å²) in [7, 11) is 0. The largest absolute Gasteiger partial charge is 0.465 e. The van der Waals surface area contributed by atoms with Crippen LogP contribution in [0.2, 0.25) is 0 Å². The van der Waals surface area contributed by atoms with E-state index in [9.17, 15) is 9.59 Å². The second-order valence-corrected chi connectivity index (χ2v) is 1.95. The van der Waals surface area contributed by atoms with Crippen molar-refractivity contribution in [3.05, 3.63) is 0 Å². The van der Waals surface area contributed by atoms with Gasteiger partial charge in [-0.2, -0.15) is 0 Å². The van der Waals surface area contributed by atoms with Gasteiger partial charge in [-0.1, -0.05) is 6.92 Å². The number of rotatable bonds is 4. The molecule has 0 aromatic heterocycles. The zero-order valence-electron chi connectivity index (χ0n) is 5.89. The number of hydrogen-bond donors (Lipinski definition) is 2. The molecule has 2 N–H and O–H groups in total. The van der Waals surface area contributed by atoms with Crippen molar-refractivity contribution in [2.75, 3.05) is 6.54 Å². The van der Waals surface area contributed by atoms with Crippen LogP contribution in [0.25, 0.3) is 0 Å². The maximum atomic E-state index is 10.6. The minimum absolute atomic E-state index is 0.0649. The quantitative estimate of drug-likeness (QED) is 0.609. The molecule has 0 bridgehead atoms. The number of Topliss-reactive ketones (excluding diaryl/α,β-unsaturated/α-hetero) is 1. The van der Waals surface area contributed by atoms with Gasteiger partial charge >= 0.3 is 6.09 Å². The fourth-order valence-corrected chi connectivity index (χ4v) is 0.541. The topological polar surface area (TPSA) is 66.4 Å². The van der Waals surface area contributed by atoms with Crippen LogP contribution in [-0.4, -0.2) is 23.5 Å². The Bertz CT molecular complexity index is 133. The van der Waals surface area contributed by atoms with E-state index in [-0.39, 0.29) is 12.3 Å². The van der Waals surface area contributed by atoms with Crippen LogP contribution in [0.1, 0.15) is 19.8 Å². The summed E-state index contributed by atoms with van der Waals surface area (Å²) in [5.74, 6) is -0.0649. The number of amides is 1. The standard InChI is InChI=1S/C6H11NO3/c1-2-3-5(8)4-7-6(9)10/h7H,2-4H2,1H3,(H,9,10). The highest BCUT2D eigenvalue weighted by Crippen LogP contribution is 1.86. The second-order valence-electron chi connectivity index (χ2n) is 1.95. The number of nitrogens with one attached hydrogen (secondary N) is 1. The molecule has 0 heterocycles. The van der Waals surface area contributed by atoms with E-state index < -0.39 is 6.09 Å². The van der Waals surface area contributed by atoms with Gasteiger partial charge in [-0.05, 0) is 6.42 Å². The Labute approximate surface area is 59.2 Å². The Morgan fingerprint density at radius 1 is 1.50 bits per heavy atom. The molecule has 0 radical (unpaired) electrons. The predicted molar refractivity (Wildman–Crippen MR) is 35.9 cm³/mol. The van der Waals surface area contributed by atoms with Crippen LogP contribution >= 0.6 is 0 Å². The SMILES string of the molecule is CCCC(=O)CNC(=O)O. The molecule has 0 saturated heterocycles. The highest BCUT2D eigenvalue weighted by molar-refractivity contribution is 5.83. The lowest BCUT2D eigenvalue weighted by atomic mass is 10.2. The molecule has 0 spiro atoms. The van der Waals surface area contributed by atoms with E-state index in [4.69, 9.17) is 5.11 Å². The van der Waals surface area contributed by atoms with Crippen LogP contribution in [0.15, 0.2) is 0 Å². The van der Waals surface area contributed by atoms with Crippen LogP contribution in [0.5, 0.6) is 0 Å². The van der Waals surface area contributed by atoms with Gasteiger partial charge in [0.1, 0.15) is 0 Å². The number of ketones is 1. The summed E-state index contributed by atoms with van der Waals surface area (Å²) < 4.78 is 0. The Balaban J connectivity index is 3.30. The summed E-state index contributed by atoms with van der Waals surface area (Å²) in [6, 6.07) is 0. The third kappa shape index (κ3) is 5.08. The third-order valence-electron chi connectivity index (χ3n) is 0.966. The summed E-state index contributed by atoms with van der Waals surface area (Å²) in [5, 5.41) is 10.1. The average molecular weight is 145 g/mol. The van der Waals surface area contributed by atoms with Gasteiger partial charge in [-0.3, -0.25) is 4.79 Å². The molecule has 0 atom stereocenters. The van der Waals surface area contributed by atoms with Crippen LogP contribution in [-0.2, 0) is 4.79 Å². The van der Waals surface area contributed by atoms with Gasteiger partial charge in [0, 0.05) is 6.42 Å². The van der Waals surface area contributed by atoms with Gasteiger partial charge in [0.15, 0.2) is 5.78 Å². The first kappa shape index (κ1) is 8.94. The van der Waals surface area contributed by atoms with Gasteiger partial charge < -0.3 is 10.4 Å². The van der Waals surface area contributed by atoms with Crippen molar-refractivity contribution < 1.29 is 14.7 Å². The van der Waals surface area contributed by atoms with Gasteiger partial charge in [0.05, 0.1) is 6.54 Å². The first-order valence-corrected chi connectivity index (χ1v) is 3.15. The van der Waals surface area contributed by atoms with E-state index in [0.29, 0.717) is 6.42 Å². The zero-order chi connectivity index (χ0) is 7.98. The second kappa shape index (κ2) is 4.78.